The average molecular weight is 397 g/mol. The Balaban J connectivity index is 3.23. The molecule has 9 heteroatoms. The Bertz CT molecular complexity index is 553. The summed E-state index contributed by atoms with van der Waals surface area (Å²) in [4.78, 5) is 23.3. The first-order chi connectivity index (χ1) is 10.8. The van der Waals surface area contributed by atoms with Gasteiger partial charge in [-0.05, 0) is 36.0 Å². The van der Waals surface area contributed by atoms with Crippen molar-refractivity contribution in [1.29, 1.82) is 0 Å². The molecule has 1 rings (SSSR count). The van der Waals surface area contributed by atoms with Gasteiger partial charge < -0.3 is 15.4 Å². The van der Waals surface area contributed by atoms with Gasteiger partial charge in [-0.1, -0.05) is 0 Å². The summed E-state index contributed by atoms with van der Waals surface area (Å²) in [6, 6.07) is -0.771. The molecule has 5 nitrogen and oxygen atoms in total. The molecule has 1 amide bonds. The molecule has 0 bridgehead atoms. The molecule has 0 radical (unpaired) electrons. The van der Waals surface area contributed by atoms with Crippen molar-refractivity contribution in [1.82, 2.24) is 10.6 Å². The van der Waals surface area contributed by atoms with Crippen molar-refractivity contribution in [2.24, 2.45) is 0 Å². The van der Waals surface area contributed by atoms with Crippen molar-refractivity contribution in [3.8, 4) is 0 Å². The first-order valence-electron chi connectivity index (χ1n) is 6.74. The lowest BCUT2D eigenvalue weighted by Crippen LogP contribution is -2.37. The van der Waals surface area contributed by atoms with Crippen LogP contribution in [0, 0.1) is 17.5 Å². The molecule has 1 aromatic carbocycles. The summed E-state index contributed by atoms with van der Waals surface area (Å²) in [5, 5.41) is 4.85. The highest BCUT2D eigenvalue weighted by molar-refractivity contribution is 9.10. The van der Waals surface area contributed by atoms with Crippen molar-refractivity contribution in [3.63, 3.8) is 0 Å². The predicted octanol–water partition coefficient (Wildman–Crippen LogP) is 2.20. The highest BCUT2D eigenvalue weighted by Crippen LogP contribution is 2.30. The van der Waals surface area contributed by atoms with Gasteiger partial charge >= 0.3 is 5.97 Å². The maximum atomic E-state index is 14.2. The molecular weight excluding hydrogens is 381 g/mol. The summed E-state index contributed by atoms with van der Waals surface area (Å²) < 4.78 is 46.1. The van der Waals surface area contributed by atoms with Gasteiger partial charge in [0.15, 0.2) is 11.6 Å². The van der Waals surface area contributed by atoms with Crippen molar-refractivity contribution in [2.45, 2.75) is 19.4 Å². The average Bonchev–Trinajstić information content (AvgIpc) is 2.45. The molecule has 0 aliphatic rings. The van der Waals surface area contributed by atoms with Crippen LogP contribution in [0.2, 0.25) is 0 Å². The SMILES string of the molecule is CCOC(=O)CC(NC(=O)CNC)c1c(F)c(F)cc(Br)c1F. The largest absolute Gasteiger partial charge is 0.466 e. The molecule has 128 valence electrons. The van der Waals surface area contributed by atoms with Crippen LogP contribution in [0.3, 0.4) is 0 Å². The van der Waals surface area contributed by atoms with Gasteiger partial charge in [-0.25, -0.2) is 13.2 Å². The standard InChI is InChI=1S/C14H16BrF3N2O3/c1-3-23-11(22)5-9(20-10(21)6-19-2)12-13(17)7(15)4-8(16)14(12)18/h4,9,19H,3,5-6H2,1-2H3,(H,20,21). The van der Waals surface area contributed by atoms with E-state index in [1.807, 2.05) is 0 Å². The fraction of sp³-hybridized carbons (Fsp3) is 0.429. The summed E-state index contributed by atoms with van der Waals surface area (Å²) in [6.45, 7) is 1.49. The Labute approximate surface area is 139 Å². The molecule has 0 aromatic heterocycles. The van der Waals surface area contributed by atoms with Crippen LogP contribution in [0.1, 0.15) is 24.9 Å². The van der Waals surface area contributed by atoms with Crippen LogP contribution in [0.15, 0.2) is 10.5 Å². The van der Waals surface area contributed by atoms with Crippen LogP contribution in [0.4, 0.5) is 13.2 Å². The quantitative estimate of drug-likeness (QED) is 0.547. The zero-order valence-electron chi connectivity index (χ0n) is 12.5. The predicted molar refractivity (Wildman–Crippen MR) is 80.1 cm³/mol. The number of esters is 1. The van der Waals surface area contributed by atoms with Gasteiger partial charge in [-0.2, -0.15) is 0 Å². The first-order valence-corrected chi connectivity index (χ1v) is 7.53. The lowest BCUT2D eigenvalue weighted by molar-refractivity contribution is -0.143. The summed E-state index contributed by atoms with van der Waals surface area (Å²) in [7, 11) is 1.50. The highest BCUT2D eigenvalue weighted by atomic mass is 79.9. The molecule has 0 spiro atoms. The van der Waals surface area contributed by atoms with E-state index in [4.69, 9.17) is 4.74 Å². The maximum Gasteiger partial charge on any atom is 0.308 e. The molecule has 0 fully saturated rings. The summed E-state index contributed by atoms with van der Waals surface area (Å²) in [5.41, 5.74) is -0.741. The number of halogens is 4. The molecule has 23 heavy (non-hydrogen) atoms. The van der Waals surface area contributed by atoms with Crippen LogP contribution >= 0.6 is 15.9 Å². The minimum atomic E-state index is -1.47. The van der Waals surface area contributed by atoms with E-state index in [0.717, 1.165) is 0 Å². The fourth-order valence-electron chi connectivity index (χ4n) is 1.92. The lowest BCUT2D eigenvalue weighted by atomic mass is 10.0. The smallest absolute Gasteiger partial charge is 0.308 e. The minimum absolute atomic E-state index is 0.0633. The van der Waals surface area contributed by atoms with Crippen LogP contribution in [0.25, 0.3) is 0 Å². The van der Waals surface area contributed by atoms with Crippen molar-refractivity contribution < 1.29 is 27.5 Å². The first kappa shape index (κ1) is 19.4. The van der Waals surface area contributed by atoms with Crippen LogP contribution in [0.5, 0.6) is 0 Å². The minimum Gasteiger partial charge on any atom is -0.466 e. The molecule has 0 aliphatic heterocycles. The van der Waals surface area contributed by atoms with Crippen LogP contribution in [-0.2, 0) is 14.3 Å². The van der Waals surface area contributed by atoms with Gasteiger partial charge in [-0.15, -0.1) is 0 Å². The molecular formula is C14H16BrF3N2O3. The van der Waals surface area contributed by atoms with Gasteiger partial charge in [0.1, 0.15) is 5.82 Å². The second kappa shape index (κ2) is 8.88. The Kier molecular flexibility index (Phi) is 7.50. The number of hydrogen-bond donors (Lipinski definition) is 2. The molecule has 0 aliphatic carbocycles. The van der Waals surface area contributed by atoms with E-state index in [1.165, 1.54) is 7.05 Å². The maximum absolute atomic E-state index is 14.2. The van der Waals surface area contributed by atoms with Gasteiger partial charge in [0.2, 0.25) is 5.91 Å². The molecule has 1 atom stereocenters. The van der Waals surface area contributed by atoms with E-state index in [-0.39, 0.29) is 17.6 Å². The number of benzene rings is 1. The van der Waals surface area contributed by atoms with E-state index in [9.17, 15) is 22.8 Å². The number of rotatable bonds is 7. The third-order valence-electron chi connectivity index (χ3n) is 2.84. The van der Waals surface area contributed by atoms with Gasteiger partial charge in [0.25, 0.3) is 0 Å². The third-order valence-corrected chi connectivity index (χ3v) is 3.42. The number of carbonyl (C=O) groups excluding carboxylic acids is 2. The van der Waals surface area contributed by atoms with Gasteiger partial charge in [0, 0.05) is 0 Å². The van der Waals surface area contributed by atoms with Crippen molar-refractivity contribution >= 4 is 27.8 Å². The zero-order valence-corrected chi connectivity index (χ0v) is 14.1. The highest BCUT2D eigenvalue weighted by Gasteiger charge is 2.28. The Morgan fingerprint density at radius 3 is 2.52 bits per heavy atom. The van der Waals surface area contributed by atoms with E-state index in [0.29, 0.717) is 6.07 Å². The Morgan fingerprint density at radius 1 is 1.30 bits per heavy atom. The molecule has 0 saturated heterocycles. The fourth-order valence-corrected chi connectivity index (χ4v) is 2.33. The normalized spacial score (nSPS) is 11.9. The zero-order chi connectivity index (χ0) is 17.6. The topological polar surface area (TPSA) is 67.4 Å². The van der Waals surface area contributed by atoms with E-state index in [1.54, 1.807) is 6.92 Å². The molecule has 1 unspecified atom stereocenters. The molecule has 2 N–H and O–H groups in total. The number of likely N-dealkylation sites (N-methyl/N-ethyl adjacent to an activating group) is 1. The number of amides is 1. The lowest BCUT2D eigenvalue weighted by Gasteiger charge is -2.20. The number of nitrogens with one attached hydrogen (secondary N) is 2. The van der Waals surface area contributed by atoms with Crippen molar-refractivity contribution in [3.05, 3.63) is 33.6 Å². The van der Waals surface area contributed by atoms with E-state index >= 15 is 0 Å². The molecule has 0 saturated carbocycles. The number of ether oxygens (including phenoxy) is 1. The van der Waals surface area contributed by atoms with Gasteiger partial charge in [-0.3, -0.25) is 9.59 Å². The monoisotopic (exact) mass is 396 g/mol. The summed E-state index contributed by atoms with van der Waals surface area (Å²) >= 11 is 2.77. The Morgan fingerprint density at radius 2 is 1.96 bits per heavy atom. The Hall–Kier alpha value is -1.61. The third kappa shape index (κ3) is 5.21. The van der Waals surface area contributed by atoms with Crippen molar-refractivity contribution in [2.75, 3.05) is 20.2 Å². The van der Waals surface area contributed by atoms with E-state index < -0.39 is 47.4 Å². The van der Waals surface area contributed by atoms with Gasteiger partial charge in [0.05, 0.1) is 35.7 Å². The van der Waals surface area contributed by atoms with E-state index in [2.05, 4.69) is 26.6 Å². The second-order valence-corrected chi connectivity index (χ2v) is 5.40. The number of carbonyl (C=O) groups is 2. The molecule has 1 aromatic rings. The second-order valence-electron chi connectivity index (χ2n) is 4.54. The van der Waals surface area contributed by atoms with Crippen LogP contribution < -0.4 is 10.6 Å². The number of hydrogen-bond acceptors (Lipinski definition) is 4. The summed E-state index contributed by atoms with van der Waals surface area (Å²) in [5.74, 6) is -5.25. The van der Waals surface area contributed by atoms with Crippen LogP contribution in [-0.4, -0.2) is 32.1 Å². The molecule has 0 heterocycles. The summed E-state index contributed by atoms with van der Waals surface area (Å²) in [6.07, 6.45) is -0.535.